The molecule has 0 saturated heterocycles. The number of esters is 1. The fraction of sp³-hybridized carbons (Fsp3) is 0.250. The van der Waals surface area contributed by atoms with Crippen LogP contribution in [0.4, 0.5) is 10.5 Å². The highest BCUT2D eigenvalue weighted by atomic mass is 35.5. The van der Waals surface area contributed by atoms with E-state index >= 15 is 0 Å². The summed E-state index contributed by atoms with van der Waals surface area (Å²) in [5.41, 5.74) is 1.73. The summed E-state index contributed by atoms with van der Waals surface area (Å²) < 4.78 is 9.94. The van der Waals surface area contributed by atoms with Crippen molar-refractivity contribution < 1.29 is 23.9 Å². The molecule has 7 nitrogen and oxygen atoms in total. The maximum atomic E-state index is 12.2. The maximum Gasteiger partial charge on any atom is 0.408 e. The average molecular weight is 405 g/mol. The first-order valence-electron chi connectivity index (χ1n) is 8.54. The average Bonchev–Trinajstić information content (AvgIpc) is 2.71. The fourth-order valence-electron chi connectivity index (χ4n) is 2.38. The van der Waals surface area contributed by atoms with Gasteiger partial charge < -0.3 is 20.1 Å². The number of benzene rings is 2. The van der Waals surface area contributed by atoms with Crippen molar-refractivity contribution in [2.45, 2.75) is 19.1 Å². The Hall–Kier alpha value is -3.06. The van der Waals surface area contributed by atoms with E-state index in [4.69, 9.17) is 21.1 Å². The zero-order chi connectivity index (χ0) is 20.4. The standard InChI is InChI=1S/C20H21ClN2O5/c1-27-19(25)18(23-20(26)28-13-14-6-3-2-4-7-14)15-8-5-9-16(12-15)22-17(24)10-11-21/h2-9,12,18H,10-11,13H2,1H3,(H,22,24)(H,23,26)/t18-/m0/s1. The minimum absolute atomic E-state index is 0.0646. The molecule has 2 N–H and O–H groups in total. The van der Waals surface area contributed by atoms with Crippen LogP contribution in [0.2, 0.25) is 0 Å². The van der Waals surface area contributed by atoms with E-state index in [0.717, 1.165) is 5.56 Å². The van der Waals surface area contributed by atoms with E-state index in [1.807, 2.05) is 30.3 Å². The van der Waals surface area contributed by atoms with Crippen LogP contribution in [0.15, 0.2) is 54.6 Å². The summed E-state index contributed by atoms with van der Waals surface area (Å²) in [5, 5.41) is 5.17. The predicted molar refractivity (Wildman–Crippen MR) is 105 cm³/mol. The molecular weight excluding hydrogens is 384 g/mol. The molecule has 0 aromatic heterocycles. The molecule has 28 heavy (non-hydrogen) atoms. The summed E-state index contributed by atoms with van der Waals surface area (Å²) in [4.78, 5) is 36.0. The van der Waals surface area contributed by atoms with Gasteiger partial charge in [0.2, 0.25) is 5.91 Å². The molecule has 0 radical (unpaired) electrons. The van der Waals surface area contributed by atoms with Crippen LogP contribution in [-0.4, -0.2) is 31.0 Å². The number of halogens is 1. The zero-order valence-electron chi connectivity index (χ0n) is 15.3. The SMILES string of the molecule is COC(=O)[C@@H](NC(=O)OCc1ccccc1)c1cccc(NC(=O)CCCl)c1. The normalized spacial score (nSPS) is 11.2. The number of nitrogens with one attached hydrogen (secondary N) is 2. The second-order valence-corrected chi connectivity index (χ2v) is 6.15. The third-order valence-electron chi connectivity index (χ3n) is 3.74. The van der Waals surface area contributed by atoms with Gasteiger partial charge in [-0.25, -0.2) is 9.59 Å². The fourth-order valence-corrected chi connectivity index (χ4v) is 2.56. The summed E-state index contributed by atoms with van der Waals surface area (Å²) in [6, 6.07) is 14.6. The van der Waals surface area contributed by atoms with Gasteiger partial charge in [-0.05, 0) is 23.3 Å². The van der Waals surface area contributed by atoms with Gasteiger partial charge >= 0.3 is 12.1 Å². The predicted octanol–water partition coefficient (Wildman–Crippen LogP) is 3.39. The summed E-state index contributed by atoms with van der Waals surface area (Å²) in [6.45, 7) is 0.0646. The summed E-state index contributed by atoms with van der Waals surface area (Å²) >= 11 is 5.55. The van der Waals surface area contributed by atoms with E-state index < -0.39 is 18.1 Å². The molecule has 0 aliphatic rings. The molecule has 2 amide bonds. The third-order valence-corrected chi connectivity index (χ3v) is 3.93. The Balaban J connectivity index is 2.07. The Morgan fingerprint density at radius 2 is 1.82 bits per heavy atom. The monoisotopic (exact) mass is 404 g/mol. The first-order valence-corrected chi connectivity index (χ1v) is 9.07. The van der Waals surface area contributed by atoms with Crippen molar-refractivity contribution in [3.8, 4) is 0 Å². The summed E-state index contributed by atoms with van der Waals surface area (Å²) in [5.74, 6) is -0.719. The van der Waals surface area contributed by atoms with E-state index in [0.29, 0.717) is 11.3 Å². The Morgan fingerprint density at radius 1 is 1.07 bits per heavy atom. The number of ether oxygens (including phenoxy) is 2. The number of hydrogen-bond donors (Lipinski definition) is 2. The lowest BCUT2D eigenvalue weighted by atomic mass is 10.1. The van der Waals surface area contributed by atoms with Gasteiger partial charge in [-0.15, -0.1) is 11.6 Å². The lowest BCUT2D eigenvalue weighted by Crippen LogP contribution is -2.35. The molecule has 0 aliphatic heterocycles. The second kappa shape index (κ2) is 10.9. The van der Waals surface area contributed by atoms with Gasteiger partial charge in [0.25, 0.3) is 0 Å². The number of alkyl halides is 1. The Kier molecular flexibility index (Phi) is 8.30. The van der Waals surface area contributed by atoms with Crippen molar-refractivity contribution in [3.05, 3.63) is 65.7 Å². The van der Waals surface area contributed by atoms with Crippen molar-refractivity contribution in [3.63, 3.8) is 0 Å². The van der Waals surface area contributed by atoms with Crippen LogP contribution in [0.5, 0.6) is 0 Å². The molecule has 0 fully saturated rings. The Labute approximate surface area is 168 Å². The molecule has 0 bridgehead atoms. The van der Waals surface area contributed by atoms with Gasteiger partial charge in [-0.2, -0.15) is 0 Å². The molecule has 148 valence electrons. The lowest BCUT2D eigenvalue weighted by molar-refractivity contribution is -0.143. The Morgan fingerprint density at radius 3 is 2.50 bits per heavy atom. The van der Waals surface area contributed by atoms with Crippen LogP contribution in [0, 0.1) is 0 Å². The minimum Gasteiger partial charge on any atom is -0.467 e. The van der Waals surface area contributed by atoms with Crippen molar-refractivity contribution in [1.29, 1.82) is 0 Å². The number of anilines is 1. The van der Waals surface area contributed by atoms with E-state index in [1.54, 1.807) is 24.3 Å². The van der Waals surface area contributed by atoms with Crippen LogP contribution in [-0.2, 0) is 25.7 Å². The third kappa shape index (κ3) is 6.59. The van der Waals surface area contributed by atoms with E-state index in [2.05, 4.69) is 10.6 Å². The summed E-state index contributed by atoms with van der Waals surface area (Å²) in [6.07, 6.45) is -0.605. The first kappa shape index (κ1) is 21.2. The highest BCUT2D eigenvalue weighted by molar-refractivity contribution is 6.19. The molecule has 8 heteroatoms. The van der Waals surface area contributed by atoms with Gasteiger partial charge in [0, 0.05) is 18.0 Å². The molecule has 0 unspecified atom stereocenters. The second-order valence-electron chi connectivity index (χ2n) is 5.77. The molecule has 0 saturated carbocycles. The van der Waals surface area contributed by atoms with Crippen LogP contribution >= 0.6 is 11.6 Å². The first-order chi connectivity index (χ1) is 13.5. The molecule has 0 heterocycles. The maximum absolute atomic E-state index is 12.2. The number of rotatable bonds is 8. The zero-order valence-corrected chi connectivity index (χ0v) is 16.1. The molecular formula is C20H21ClN2O5. The molecule has 0 aliphatic carbocycles. The largest absolute Gasteiger partial charge is 0.467 e. The van der Waals surface area contributed by atoms with Gasteiger partial charge in [-0.1, -0.05) is 42.5 Å². The number of hydrogen-bond acceptors (Lipinski definition) is 5. The van der Waals surface area contributed by atoms with Crippen molar-refractivity contribution in [1.82, 2.24) is 5.32 Å². The van der Waals surface area contributed by atoms with E-state index in [1.165, 1.54) is 7.11 Å². The van der Waals surface area contributed by atoms with Crippen molar-refractivity contribution in [2.75, 3.05) is 18.3 Å². The van der Waals surface area contributed by atoms with Gasteiger partial charge in [0.1, 0.15) is 6.61 Å². The summed E-state index contributed by atoms with van der Waals surface area (Å²) in [7, 11) is 1.22. The highest BCUT2D eigenvalue weighted by Gasteiger charge is 2.24. The minimum atomic E-state index is -1.09. The number of carbonyl (C=O) groups is 3. The van der Waals surface area contributed by atoms with E-state index in [-0.39, 0.29) is 24.8 Å². The molecule has 2 rings (SSSR count). The Bertz CT molecular complexity index is 813. The quantitative estimate of drug-likeness (QED) is 0.519. The lowest BCUT2D eigenvalue weighted by Gasteiger charge is -2.18. The van der Waals surface area contributed by atoms with Crippen molar-refractivity contribution in [2.24, 2.45) is 0 Å². The number of alkyl carbamates (subject to hydrolysis) is 1. The highest BCUT2D eigenvalue weighted by Crippen LogP contribution is 2.20. The smallest absolute Gasteiger partial charge is 0.408 e. The van der Waals surface area contributed by atoms with Crippen LogP contribution < -0.4 is 10.6 Å². The molecule has 2 aromatic rings. The molecule has 1 atom stereocenters. The molecule has 0 spiro atoms. The van der Waals surface area contributed by atoms with Crippen LogP contribution in [0.25, 0.3) is 0 Å². The number of carbonyl (C=O) groups excluding carboxylic acids is 3. The number of methoxy groups -OCH3 is 1. The van der Waals surface area contributed by atoms with Gasteiger partial charge in [-0.3, -0.25) is 4.79 Å². The van der Waals surface area contributed by atoms with Crippen molar-refractivity contribution >= 4 is 35.3 Å². The topological polar surface area (TPSA) is 93.7 Å². The van der Waals surface area contributed by atoms with Crippen LogP contribution in [0.1, 0.15) is 23.6 Å². The number of amides is 2. The van der Waals surface area contributed by atoms with Crippen LogP contribution in [0.3, 0.4) is 0 Å². The van der Waals surface area contributed by atoms with E-state index in [9.17, 15) is 14.4 Å². The van der Waals surface area contributed by atoms with Gasteiger partial charge in [0.15, 0.2) is 6.04 Å². The molecule has 2 aromatic carbocycles. The van der Waals surface area contributed by atoms with Gasteiger partial charge in [0.05, 0.1) is 7.11 Å².